The van der Waals surface area contributed by atoms with Gasteiger partial charge in [0.1, 0.15) is 0 Å². The Morgan fingerprint density at radius 2 is 1.43 bits per heavy atom. The molecule has 1 unspecified atom stereocenters. The molecule has 0 saturated carbocycles. The fraction of sp³-hybridized carbons (Fsp3) is 0.250. The van der Waals surface area contributed by atoms with Crippen molar-refractivity contribution < 1.29 is 8.42 Å². The van der Waals surface area contributed by atoms with Crippen LogP contribution in [0.2, 0.25) is 0 Å². The highest BCUT2D eigenvalue weighted by Gasteiger charge is 2.07. The normalized spacial score (nSPS) is 13.1. The van der Waals surface area contributed by atoms with Crippen molar-refractivity contribution in [3.8, 4) is 0 Å². The van der Waals surface area contributed by atoms with Gasteiger partial charge in [0.15, 0.2) is 9.84 Å². The van der Waals surface area contributed by atoms with Crippen LogP contribution in [-0.4, -0.2) is 21.7 Å². The number of nitrogens with one attached hydrogen (secondary N) is 1. The molecule has 3 nitrogen and oxygen atoms in total. The zero-order valence-corrected chi connectivity index (χ0v) is 14.0. The van der Waals surface area contributed by atoms with E-state index in [1.54, 1.807) is 23.9 Å². The quantitative estimate of drug-likeness (QED) is 0.915. The fourth-order valence-electron chi connectivity index (χ4n) is 1.88. The Kier molecular flexibility index (Phi) is 5.08. The standard InChI is InChI=1S/C16H19NO2S2/c1-12(17-2)13-4-6-14(7-5-13)20-15-8-10-16(11-9-15)21(3,18)19/h4-12,17H,1-3H3. The highest BCUT2D eigenvalue weighted by Crippen LogP contribution is 2.29. The van der Waals surface area contributed by atoms with Crippen LogP contribution < -0.4 is 5.32 Å². The molecule has 0 amide bonds. The lowest BCUT2D eigenvalue weighted by molar-refractivity contribution is 0.602. The molecule has 0 radical (unpaired) electrons. The Hall–Kier alpha value is -1.30. The van der Waals surface area contributed by atoms with E-state index < -0.39 is 9.84 Å². The van der Waals surface area contributed by atoms with Gasteiger partial charge in [0.25, 0.3) is 0 Å². The molecule has 0 fully saturated rings. The van der Waals surface area contributed by atoms with E-state index >= 15 is 0 Å². The van der Waals surface area contributed by atoms with E-state index in [2.05, 4.69) is 36.5 Å². The third-order valence-electron chi connectivity index (χ3n) is 3.30. The summed E-state index contributed by atoms with van der Waals surface area (Å²) in [7, 11) is -1.19. The highest BCUT2D eigenvalue weighted by molar-refractivity contribution is 7.99. The molecule has 2 aromatic rings. The second kappa shape index (κ2) is 6.64. The van der Waals surface area contributed by atoms with Crippen LogP contribution in [0.15, 0.2) is 63.2 Å². The fourth-order valence-corrected chi connectivity index (χ4v) is 3.33. The molecule has 2 rings (SSSR count). The highest BCUT2D eigenvalue weighted by atomic mass is 32.2. The Balaban J connectivity index is 2.11. The van der Waals surface area contributed by atoms with Gasteiger partial charge in [-0.1, -0.05) is 23.9 Å². The van der Waals surface area contributed by atoms with Crippen LogP contribution in [0.5, 0.6) is 0 Å². The van der Waals surface area contributed by atoms with Gasteiger partial charge in [-0.05, 0) is 55.9 Å². The predicted octanol–water partition coefficient (Wildman–Crippen LogP) is 3.52. The molecule has 0 spiro atoms. The van der Waals surface area contributed by atoms with Crippen molar-refractivity contribution in [2.45, 2.75) is 27.7 Å². The van der Waals surface area contributed by atoms with E-state index in [9.17, 15) is 8.42 Å². The van der Waals surface area contributed by atoms with Gasteiger partial charge in [0.05, 0.1) is 4.90 Å². The first-order valence-electron chi connectivity index (χ1n) is 6.65. The van der Waals surface area contributed by atoms with E-state index in [0.717, 1.165) is 9.79 Å². The number of benzene rings is 2. The third-order valence-corrected chi connectivity index (χ3v) is 5.44. The summed E-state index contributed by atoms with van der Waals surface area (Å²) in [6.45, 7) is 2.12. The van der Waals surface area contributed by atoms with Gasteiger partial charge in [-0.2, -0.15) is 0 Å². The summed E-state index contributed by atoms with van der Waals surface area (Å²) >= 11 is 1.62. The number of sulfone groups is 1. The zero-order valence-electron chi connectivity index (χ0n) is 12.3. The lowest BCUT2D eigenvalue weighted by Gasteiger charge is -2.11. The molecular formula is C16H19NO2S2. The van der Waals surface area contributed by atoms with Crippen molar-refractivity contribution in [1.82, 2.24) is 5.32 Å². The lowest BCUT2D eigenvalue weighted by Crippen LogP contribution is -2.11. The van der Waals surface area contributed by atoms with Crippen molar-refractivity contribution >= 4 is 21.6 Å². The molecule has 0 aliphatic heterocycles. The first kappa shape index (κ1) is 16.1. The summed E-state index contributed by atoms with van der Waals surface area (Å²) in [6.07, 6.45) is 1.22. The molecule has 1 atom stereocenters. The van der Waals surface area contributed by atoms with Gasteiger partial charge in [-0.25, -0.2) is 8.42 Å². The molecule has 21 heavy (non-hydrogen) atoms. The zero-order chi connectivity index (χ0) is 15.5. The van der Waals surface area contributed by atoms with Gasteiger partial charge in [0.2, 0.25) is 0 Å². The van der Waals surface area contributed by atoms with Crippen LogP contribution in [0.25, 0.3) is 0 Å². The van der Waals surface area contributed by atoms with Gasteiger partial charge >= 0.3 is 0 Å². The minimum Gasteiger partial charge on any atom is -0.313 e. The maximum atomic E-state index is 11.4. The van der Waals surface area contributed by atoms with Crippen LogP contribution >= 0.6 is 11.8 Å². The topological polar surface area (TPSA) is 46.2 Å². The van der Waals surface area contributed by atoms with E-state index in [1.807, 2.05) is 19.2 Å². The van der Waals surface area contributed by atoms with Crippen LogP contribution in [0.1, 0.15) is 18.5 Å². The first-order valence-corrected chi connectivity index (χ1v) is 9.36. The molecule has 112 valence electrons. The van der Waals surface area contributed by atoms with Gasteiger partial charge in [-0.3, -0.25) is 0 Å². The first-order chi connectivity index (χ1) is 9.90. The molecule has 2 aromatic carbocycles. The van der Waals surface area contributed by atoms with Gasteiger partial charge in [0, 0.05) is 22.1 Å². The second-order valence-corrected chi connectivity index (χ2v) is 8.09. The van der Waals surface area contributed by atoms with Crippen molar-refractivity contribution in [3.63, 3.8) is 0 Å². The molecule has 0 aliphatic rings. The lowest BCUT2D eigenvalue weighted by atomic mass is 10.1. The molecule has 1 N–H and O–H groups in total. The molecule has 0 heterocycles. The van der Waals surface area contributed by atoms with Gasteiger partial charge in [-0.15, -0.1) is 0 Å². The van der Waals surface area contributed by atoms with E-state index in [-0.39, 0.29) is 0 Å². The van der Waals surface area contributed by atoms with Crippen molar-refractivity contribution in [2.24, 2.45) is 0 Å². The Morgan fingerprint density at radius 3 is 1.86 bits per heavy atom. The number of hydrogen-bond donors (Lipinski definition) is 1. The summed E-state index contributed by atoms with van der Waals surface area (Å²) in [6, 6.07) is 15.7. The average molecular weight is 321 g/mol. The van der Waals surface area contributed by atoms with Crippen molar-refractivity contribution in [3.05, 3.63) is 54.1 Å². The number of rotatable bonds is 5. The summed E-state index contributed by atoms with van der Waals surface area (Å²) in [4.78, 5) is 2.51. The monoisotopic (exact) mass is 321 g/mol. The summed E-state index contributed by atoms with van der Waals surface area (Å²) < 4.78 is 22.8. The Morgan fingerprint density at radius 1 is 0.952 bits per heavy atom. The maximum absolute atomic E-state index is 11.4. The number of hydrogen-bond acceptors (Lipinski definition) is 4. The van der Waals surface area contributed by atoms with Crippen molar-refractivity contribution in [2.75, 3.05) is 13.3 Å². The molecule has 0 saturated heterocycles. The van der Waals surface area contributed by atoms with Crippen LogP contribution in [-0.2, 0) is 9.84 Å². The smallest absolute Gasteiger partial charge is 0.175 e. The minimum absolute atomic E-state index is 0.332. The molecule has 0 aliphatic carbocycles. The van der Waals surface area contributed by atoms with E-state index in [1.165, 1.54) is 11.8 Å². The molecular weight excluding hydrogens is 302 g/mol. The average Bonchev–Trinajstić information content (AvgIpc) is 2.47. The van der Waals surface area contributed by atoms with Crippen LogP contribution in [0.4, 0.5) is 0 Å². The summed E-state index contributed by atoms with van der Waals surface area (Å²) in [5.74, 6) is 0. The van der Waals surface area contributed by atoms with E-state index in [4.69, 9.17) is 0 Å². The molecule has 5 heteroatoms. The Labute approximate surface area is 130 Å². The molecule has 0 aromatic heterocycles. The SMILES string of the molecule is CNC(C)c1ccc(Sc2ccc(S(C)(=O)=O)cc2)cc1. The summed E-state index contributed by atoms with van der Waals surface area (Å²) in [5, 5.41) is 3.21. The predicted molar refractivity (Wildman–Crippen MR) is 87.6 cm³/mol. The maximum Gasteiger partial charge on any atom is 0.175 e. The van der Waals surface area contributed by atoms with Crippen LogP contribution in [0.3, 0.4) is 0 Å². The largest absolute Gasteiger partial charge is 0.313 e. The summed E-state index contributed by atoms with van der Waals surface area (Å²) in [5.41, 5.74) is 1.24. The van der Waals surface area contributed by atoms with Gasteiger partial charge < -0.3 is 5.32 Å². The Bertz CT molecular complexity index is 692. The second-order valence-electron chi connectivity index (χ2n) is 4.93. The minimum atomic E-state index is -3.13. The third kappa shape index (κ3) is 4.33. The molecule has 0 bridgehead atoms. The van der Waals surface area contributed by atoms with Crippen molar-refractivity contribution in [1.29, 1.82) is 0 Å². The van der Waals surface area contributed by atoms with Crippen LogP contribution in [0, 0.1) is 0 Å². The van der Waals surface area contributed by atoms with E-state index in [0.29, 0.717) is 10.9 Å².